The van der Waals surface area contributed by atoms with Crippen LogP contribution in [0.1, 0.15) is 26.2 Å². The van der Waals surface area contributed by atoms with Crippen molar-refractivity contribution in [2.75, 3.05) is 11.4 Å². The first kappa shape index (κ1) is 15.3. The molecule has 0 radical (unpaired) electrons. The summed E-state index contributed by atoms with van der Waals surface area (Å²) in [5.41, 5.74) is 11.7. The maximum atomic E-state index is 12.4. The number of primary amides is 1. The van der Waals surface area contributed by atoms with Gasteiger partial charge >= 0.3 is 0 Å². The Kier molecular flexibility index (Phi) is 4.80. The second-order valence-corrected chi connectivity index (χ2v) is 5.35. The molecule has 2 unspecified atom stereocenters. The van der Waals surface area contributed by atoms with Gasteiger partial charge in [0.2, 0.25) is 5.91 Å². The van der Waals surface area contributed by atoms with Gasteiger partial charge in [0, 0.05) is 12.5 Å². The number of para-hydroxylation sites is 2. The van der Waals surface area contributed by atoms with Gasteiger partial charge in [-0.25, -0.2) is 0 Å². The Labute approximate surface area is 124 Å². The lowest BCUT2D eigenvalue weighted by Crippen LogP contribution is -2.49. The van der Waals surface area contributed by atoms with Crippen LogP contribution in [0.5, 0.6) is 5.75 Å². The Hall–Kier alpha value is -2.08. The zero-order chi connectivity index (χ0) is 15.4. The number of hydrogen-bond acceptors (Lipinski definition) is 4. The van der Waals surface area contributed by atoms with Gasteiger partial charge < -0.3 is 21.1 Å². The first-order valence-electron chi connectivity index (χ1n) is 7.10. The molecule has 2 rings (SSSR count). The minimum atomic E-state index is -0.808. The minimum Gasteiger partial charge on any atom is -0.477 e. The molecule has 1 heterocycles. The van der Waals surface area contributed by atoms with E-state index in [1.165, 1.54) is 0 Å². The van der Waals surface area contributed by atoms with Crippen LogP contribution in [0.3, 0.4) is 0 Å². The topological polar surface area (TPSA) is 98.7 Å². The molecule has 1 aliphatic heterocycles. The van der Waals surface area contributed by atoms with Gasteiger partial charge in [-0.3, -0.25) is 9.59 Å². The van der Waals surface area contributed by atoms with E-state index in [0.717, 1.165) is 12.8 Å². The highest BCUT2D eigenvalue weighted by molar-refractivity contribution is 5.97. The summed E-state index contributed by atoms with van der Waals surface area (Å²) in [5.74, 6) is -0.108. The molecule has 2 amide bonds. The molecule has 0 bridgehead atoms. The van der Waals surface area contributed by atoms with Crippen molar-refractivity contribution in [3.63, 3.8) is 0 Å². The number of hydrogen-bond donors (Lipinski definition) is 2. The molecule has 1 aromatic carbocycles. The van der Waals surface area contributed by atoms with E-state index in [-0.39, 0.29) is 18.5 Å². The first-order chi connectivity index (χ1) is 9.99. The van der Waals surface area contributed by atoms with Gasteiger partial charge in [-0.2, -0.15) is 0 Å². The van der Waals surface area contributed by atoms with Crippen LogP contribution in [0.25, 0.3) is 0 Å². The fourth-order valence-electron chi connectivity index (χ4n) is 2.33. The number of nitrogens with two attached hydrogens (primary N) is 2. The summed E-state index contributed by atoms with van der Waals surface area (Å²) in [6, 6.07) is 7.23. The highest BCUT2D eigenvalue weighted by Crippen LogP contribution is 2.33. The summed E-state index contributed by atoms with van der Waals surface area (Å²) in [5, 5.41) is 0. The molecule has 0 saturated heterocycles. The summed E-state index contributed by atoms with van der Waals surface area (Å²) in [6.07, 6.45) is 1.09. The maximum Gasteiger partial charge on any atom is 0.260 e. The lowest BCUT2D eigenvalue weighted by molar-refractivity contribution is -0.125. The van der Waals surface area contributed by atoms with Crippen molar-refractivity contribution in [3.05, 3.63) is 24.3 Å². The van der Waals surface area contributed by atoms with Crippen LogP contribution < -0.4 is 21.1 Å². The second-order valence-electron chi connectivity index (χ2n) is 5.35. The van der Waals surface area contributed by atoms with Crippen molar-refractivity contribution in [1.82, 2.24) is 0 Å². The van der Waals surface area contributed by atoms with E-state index in [2.05, 4.69) is 0 Å². The Morgan fingerprint density at radius 2 is 2.14 bits per heavy atom. The zero-order valence-electron chi connectivity index (χ0n) is 12.1. The summed E-state index contributed by atoms with van der Waals surface area (Å²) in [7, 11) is 0. The molecule has 6 heteroatoms. The molecule has 21 heavy (non-hydrogen) atoms. The van der Waals surface area contributed by atoms with Crippen molar-refractivity contribution in [3.8, 4) is 5.75 Å². The SMILES string of the molecule is CC(N)CCCC(=O)N1CC(C(N)=O)Oc2ccccc21. The smallest absolute Gasteiger partial charge is 0.260 e. The number of anilines is 1. The number of carbonyl (C=O) groups excluding carboxylic acids is 2. The summed E-state index contributed by atoms with van der Waals surface area (Å²) >= 11 is 0. The highest BCUT2D eigenvalue weighted by atomic mass is 16.5. The molecule has 114 valence electrons. The van der Waals surface area contributed by atoms with Crippen molar-refractivity contribution < 1.29 is 14.3 Å². The van der Waals surface area contributed by atoms with Crippen LogP contribution >= 0.6 is 0 Å². The number of rotatable bonds is 5. The van der Waals surface area contributed by atoms with E-state index in [4.69, 9.17) is 16.2 Å². The predicted octanol–water partition coefficient (Wildman–Crippen LogP) is 0.783. The molecule has 0 saturated carbocycles. The third-order valence-electron chi connectivity index (χ3n) is 3.44. The molecule has 4 N–H and O–H groups in total. The summed E-state index contributed by atoms with van der Waals surface area (Å²) < 4.78 is 5.53. The van der Waals surface area contributed by atoms with Gasteiger partial charge in [-0.15, -0.1) is 0 Å². The van der Waals surface area contributed by atoms with E-state index in [0.29, 0.717) is 17.9 Å². The first-order valence-corrected chi connectivity index (χ1v) is 7.10. The Morgan fingerprint density at radius 1 is 1.43 bits per heavy atom. The molecule has 6 nitrogen and oxygen atoms in total. The quantitative estimate of drug-likeness (QED) is 0.837. The molecule has 2 atom stereocenters. The fraction of sp³-hybridized carbons (Fsp3) is 0.467. The third-order valence-corrected chi connectivity index (χ3v) is 3.44. The standard InChI is InChI=1S/C15H21N3O3/c1-10(16)5-4-8-14(19)18-9-13(15(17)20)21-12-7-3-2-6-11(12)18/h2-3,6-7,10,13H,4-5,8-9,16H2,1H3,(H2,17,20). The van der Waals surface area contributed by atoms with Gasteiger partial charge in [-0.1, -0.05) is 12.1 Å². The van der Waals surface area contributed by atoms with E-state index in [9.17, 15) is 9.59 Å². The van der Waals surface area contributed by atoms with Crippen molar-refractivity contribution >= 4 is 17.5 Å². The number of fused-ring (bicyclic) bond motifs is 1. The Bertz CT molecular complexity index is 531. The second kappa shape index (κ2) is 6.58. The van der Waals surface area contributed by atoms with Crippen LogP contribution in [0.15, 0.2) is 24.3 Å². The number of amides is 2. The van der Waals surface area contributed by atoms with Gasteiger partial charge in [0.15, 0.2) is 6.10 Å². The molecule has 1 aromatic rings. The van der Waals surface area contributed by atoms with Crippen molar-refractivity contribution in [2.45, 2.75) is 38.3 Å². The molecule has 0 fully saturated rings. The Balaban J connectivity index is 2.13. The largest absolute Gasteiger partial charge is 0.477 e. The number of benzene rings is 1. The molecule has 1 aliphatic rings. The van der Waals surface area contributed by atoms with Crippen LogP contribution in [0.4, 0.5) is 5.69 Å². The average molecular weight is 291 g/mol. The lowest BCUT2D eigenvalue weighted by atomic mass is 10.1. The lowest BCUT2D eigenvalue weighted by Gasteiger charge is -2.33. The minimum absolute atomic E-state index is 0.0438. The molecule has 0 aromatic heterocycles. The average Bonchev–Trinajstić information content (AvgIpc) is 2.45. The van der Waals surface area contributed by atoms with Crippen LogP contribution in [0.2, 0.25) is 0 Å². The molecular weight excluding hydrogens is 270 g/mol. The van der Waals surface area contributed by atoms with Crippen LogP contribution in [0, 0.1) is 0 Å². The fourth-order valence-corrected chi connectivity index (χ4v) is 2.33. The van der Waals surface area contributed by atoms with Crippen LogP contribution in [-0.4, -0.2) is 30.5 Å². The van der Waals surface area contributed by atoms with E-state index >= 15 is 0 Å². The molecule has 0 spiro atoms. The van der Waals surface area contributed by atoms with Gasteiger partial charge in [0.1, 0.15) is 5.75 Å². The van der Waals surface area contributed by atoms with Crippen molar-refractivity contribution in [1.29, 1.82) is 0 Å². The van der Waals surface area contributed by atoms with E-state index in [1.54, 1.807) is 23.1 Å². The number of ether oxygens (including phenoxy) is 1. The van der Waals surface area contributed by atoms with Gasteiger partial charge in [0.25, 0.3) is 5.91 Å². The number of carbonyl (C=O) groups is 2. The van der Waals surface area contributed by atoms with E-state index in [1.807, 2.05) is 13.0 Å². The maximum absolute atomic E-state index is 12.4. The Morgan fingerprint density at radius 3 is 2.81 bits per heavy atom. The van der Waals surface area contributed by atoms with Gasteiger partial charge in [-0.05, 0) is 31.9 Å². The third kappa shape index (κ3) is 3.72. The van der Waals surface area contributed by atoms with Crippen molar-refractivity contribution in [2.24, 2.45) is 11.5 Å². The predicted molar refractivity (Wildman–Crippen MR) is 79.9 cm³/mol. The normalized spacial score (nSPS) is 18.6. The number of nitrogens with zero attached hydrogens (tertiary/aromatic N) is 1. The molecular formula is C15H21N3O3. The van der Waals surface area contributed by atoms with Gasteiger partial charge in [0.05, 0.1) is 12.2 Å². The van der Waals surface area contributed by atoms with E-state index < -0.39 is 12.0 Å². The summed E-state index contributed by atoms with van der Waals surface area (Å²) in [6.45, 7) is 2.07. The summed E-state index contributed by atoms with van der Waals surface area (Å²) in [4.78, 5) is 25.3. The monoisotopic (exact) mass is 291 g/mol. The van der Waals surface area contributed by atoms with Crippen LogP contribution in [-0.2, 0) is 9.59 Å². The highest BCUT2D eigenvalue weighted by Gasteiger charge is 2.32. The zero-order valence-corrected chi connectivity index (χ0v) is 12.1. The molecule has 0 aliphatic carbocycles.